The number of anilines is 1. The van der Waals surface area contributed by atoms with Gasteiger partial charge in [0.2, 0.25) is 0 Å². The Balaban J connectivity index is 1.46. The molecule has 9 nitrogen and oxygen atoms in total. The van der Waals surface area contributed by atoms with Crippen LogP contribution in [0.2, 0.25) is 0 Å². The second-order valence-corrected chi connectivity index (χ2v) is 8.51. The van der Waals surface area contributed by atoms with E-state index >= 15 is 0 Å². The lowest BCUT2D eigenvalue weighted by Crippen LogP contribution is -2.45. The van der Waals surface area contributed by atoms with Crippen LogP contribution in [0.25, 0.3) is 11.1 Å². The zero-order chi connectivity index (χ0) is 24.4. The first-order valence-corrected chi connectivity index (χ1v) is 11.0. The molecule has 34 heavy (non-hydrogen) atoms. The number of amides is 2. The summed E-state index contributed by atoms with van der Waals surface area (Å²) in [5, 5.41) is 18.4. The number of nitrogens with zero attached hydrogens (tertiary/aromatic N) is 2. The molecule has 0 unspecified atom stereocenters. The van der Waals surface area contributed by atoms with Crippen molar-refractivity contribution in [2.45, 2.75) is 25.8 Å². The van der Waals surface area contributed by atoms with Crippen molar-refractivity contribution >= 4 is 23.7 Å². The molecule has 2 aromatic carbocycles. The lowest BCUT2D eigenvalue weighted by atomic mass is 9.98. The van der Waals surface area contributed by atoms with Crippen molar-refractivity contribution in [2.75, 3.05) is 11.9 Å². The highest BCUT2D eigenvalue weighted by molar-refractivity contribution is 6.02. The van der Waals surface area contributed by atoms with Crippen LogP contribution in [-0.4, -0.2) is 45.5 Å². The summed E-state index contributed by atoms with van der Waals surface area (Å²) in [5.74, 6) is -2.22. The summed E-state index contributed by atoms with van der Waals surface area (Å²) >= 11 is 0. The Hall–Kier alpha value is -4.14. The lowest BCUT2D eigenvalue weighted by molar-refractivity contribution is -0.140. The highest BCUT2D eigenvalue weighted by Gasteiger charge is 2.30. The van der Waals surface area contributed by atoms with E-state index in [-0.39, 0.29) is 29.8 Å². The van der Waals surface area contributed by atoms with Crippen molar-refractivity contribution in [3.05, 3.63) is 71.5 Å². The van der Waals surface area contributed by atoms with E-state index in [4.69, 9.17) is 4.74 Å². The molecule has 0 saturated heterocycles. The molecule has 1 aromatic heterocycles. The summed E-state index contributed by atoms with van der Waals surface area (Å²) in [5.41, 5.74) is 4.58. The largest absolute Gasteiger partial charge is 0.480 e. The topological polar surface area (TPSA) is 123 Å². The highest BCUT2D eigenvalue weighted by atomic mass is 16.5. The van der Waals surface area contributed by atoms with Gasteiger partial charge in [-0.25, -0.2) is 9.59 Å². The van der Waals surface area contributed by atoms with E-state index in [9.17, 15) is 19.5 Å². The third-order valence-corrected chi connectivity index (χ3v) is 5.95. The van der Waals surface area contributed by atoms with Gasteiger partial charge in [-0.15, -0.1) is 0 Å². The van der Waals surface area contributed by atoms with Gasteiger partial charge in [-0.2, -0.15) is 5.10 Å². The molecule has 2 amide bonds. The monoisotopic (exact) mass is 462 g/mol. The van der Waals surface area contributed by atoms with Crippen molar-refractivity contribution in [1.29, 1.82) is 0 Å². The number of hydrogen-bond acceptors (Lipinski definition) is 5. The molecule has 0 aliphatic heterocycles. The van der Waals surface area contributed by atoms with Crippen molar-refractivity contribution in [3.8, 4) is 11.1 Å². The average molecular weight is 463 g/mol. The summed E-state index contributed by atoms with van der Waals surface area (Å²) in [4.78, 5) is 36.8. The summed E-state index contributed by atoms with van der Waals surface area (Å²) in [6, 6.07) is 15.0. The molecule has 4 rings (SSSR count). The minimum atomic E-state index is -1.14. The number of carbonyl (C=O) groups is 3. The van der Waals surface area contributed by atoms with Crippen LogP contribution in [0, 0.1) is 5.92 Å². The molecule has 176 valence electrons. The molecular weight excluding hydrogens is 436 g/mol. The van der Waals surface area contributed by atoms with Gasteiger partial charge in [0.1, 0.15) is 18.3 Å². The van der Waals surface area contributed by atoms with Crippen molar-refractivity contribution < 1.29 is 24.2 Å². The number of aliphatic carboxylic acids is 1. The molecule has 1 aliphatic rings. The predicted molar refractivity (Wildman–Crippen MR) is 126 cm³/mol. The van der Waals surface area contributed by atoms with Crippen molar-refractivity contribution in [2.24, 2.45) is 13.0 Å². The number of fused-ring (bicyclic) bond motifs is 3. The minimum Gasteiger partial charge on any atom is -0.480 e. The molecule has 1 atom stereocenters. The Morgan fingerprint density at radius 2 is 1.65 bits per heavy atom. The molecule has 0 fully saturated rings. The van der Waals surface area contributed by atoms with E-state index in [0.29, 0.717) is 0 Å². The summed E-state index contributed by atoms with van der Waals surface area (Å²) < 4.78 is 6.80. The van der Waals surface area contributed by atoms with Gasteiger partial charge in [0.05, 0.1) is 11.9 Å². The lowest BCUT2D eigenvalue weighted by Gasteiger charge is -2.18. The van der Waals surface area contributed by atoms with Crippen LogP contribution in [0.4, 0.5) is 10.5 Å². The van der Waals surface area contributed by atoms with Gasteiger partial charge in [-0.3, -0.25) is 14.8 Å². The molecule has 3 N–H and O–H groups in total. The Morgan fingerprint density at radius 3 is 2.21 bits per heavy atom. The van der Waals surface area contributed by atoms with E-state index in [1.807, 2.05) is 36.4 Å². The fraction of sp³-hybridized carbons (Fsp3) is 0.280. The number of aromatic nitrogens is 2. The van der Waals surface area contributed by atoms with Crippen LogP contribution in [0.3, 0.4) is 0 Å². The Bertz CT molecular complexity index is 1200. The number of rotatable bonds is 7. The van der Waals surface area contributed by atoms with E-state index in [0.717, 1.165) is 22.3 Å². The van der Waals surface area contributed by atoms with Crippen molar-refractivity contribution in [3.63, 3.8) is 0 Å². The van der Waals surface area contributed by atoms with Gasteiger partial charge in [-0.05, 0) is 28.2 Å². The number of carbonyl (C=O) groups excluding carboxylic acids is 2. The van der Waals surface area contributed by atoms with Gasteiger partial charge in [0.15, 0.2) is 0 Å². The standard InChI is InChI=1S/C25H26N4O5/c1-14(2)21(24(31)32)28-23(30)22-20(12-26-29(22)3)27-25(33)34-13-19-17-10-6-4-8-15(17)16-9-5-7-11-18(16)19/h4-12,14,19,21H,13H2,1-3H3,(H,27,33)(H,28,30)(H,31,32)/t21-/m1/s1. The van der Waals surface area contributed by atoms with E-state index in [2.05, 4.69) is 27.9 Å². The van der Waals surface area contributed by atoms with Crippen molar-refractivity contribution in [1.82, 2.24) is 15.1 Å². The Labute approximate surface area is 196 Å². The van der Waals surface area contributed by atoms with Crippen LogP contribution >= 0.6 is 0 Å². The van der Waals surface area contributed by atoms with E-state index < -0.39 is 24.0 Å². The molecule has 0 saturated carbocycles. The average Bonchev–Trinajstić information content (AvgIpc) is 3.33. The minimum absolute atomic E-state index is 0.0282. The predicted octanol–water partition coefficient (Wildman–Crippen LogP) is 3.62. The third-order valence-electron chi connectivity index (χ3n) is 5.95. The van der Waals surface area contributed by atoms with Gasteiger partial charge in [-0.1, -0.05) is 62.4 Å². The van der Waals surface area contributed by atoms with Crippen LogP contribution in [0.5, 0.6) is 0 Å². The van der Waals surface area contributed by atoms with Gasteiger partial charge >= 0.3 is 12.1 Å². The molecule has 1 aliphatic carbocycles. The zero-order valence-electron chi connectivity index (χ0n) is 19.1. The fourth-order valence-corrected chi connectivity index (χ4v) is 4.27. The van der Waals surface area contributed by atoms with E-state index in [1.54, 1.807) is 13.8 Å². The number of nitrogens with one attached hydrogen (secondary N) is 2. The summed E-state index contributed by atoms with van der Waals surface area (Å²) in [7, 11) is 1.53. The Morgan fingerprint density at radius 1 is 1.06 bits per heavy atom. The quantitative estimate of drug-likeness (QED) is 0.493. The van der Waals surface area contributed by atoms with Crippen LogP contribution in [0.1, 0.15) is 41.4 Å². The first-order valence-electron chi connectivity index (χ1n) is 11.0. The number of benzene rings is 2. The fourth-order valence-electron chi connectivity index (χ4n) is 4.27. The number of ether oxygens (including phenoxy) is 1. The van der Waals surface area contributed by atoms with Crippen LogP contribution in [0.15, 0.2) is 54.7 Å². The van der Waals surface area contributed by atoms with Gasteiger partial charge in [0.25, 0.3) is 5.91 Å². The van der Waals surface area contributed by atoms with Gasteiger partial charge < -0.3 is 15.2 Å². The number of carboxylic acid groups (broad SMARTS) is 1. The maximum Gasteiger partial charge on any atom is 0.411 e. The molecule has 0 spiro atoms. The molecule has 0 radical (unpaired) electrons. The molecule has 1 heterocycles. The zero-order valence-corrected chi connectivity index (χ0v) is 19.1. The SMILES string of the molecule is CC(C)[C@@H](NC(=O)c1c(NC(=O)OCC2c3ccccc3-c3ccccc32)cnn1C)C(=O)O. The first kappa shape index (κ1) is 23.0. The second kappa shape index (κ2) is 9.38. The number of aryl methyl sites for hydroxylation is 1. The molecule has 0 bridgehead atoms. The maximum atomic E-state index is 12.8. The summed E-state index contributed by atoms with van der Waals surface area (Å²) in [6.07, 6.45) is 0.587. The van der Waals surface area contributed by atoms with E-state index in [1.165, 1.54) is 17.9 Å². The molecule has 9 heteroatoms. The first-order chi connectivity index (χ1) is 16.3. The number of hydrogen-bond donors (Lipinski definition) is 3. The summed E-state index contributed by atoms with van der Waals surface area (Å²) in [6.45, 7) is 3.51. The maximum absolute atomic E-state index is 12.8. The second-order valence-electron chi connectivity index (χ2n) is 8.51. The molecule has 3 aromatic rings. The normalized spacial score (nSPS) is 13.2. The highest BCUT2D eigenvalue weighted by Crippen LogP contribution is 2.44. The molecular formula is C25H26N4O5. The third kappa shape index (κ3) is 4.36. The Kier molecular flexibility index (Phi) is 6.36. The number of carboxylic acids is 1. The smallest absolute Gasteiger partial charge is 0.411 e. The van der Waals surface area contributed by atoms with Gasteiger partial charge in [0, 0.05) is 13.0 Å². The van der Waals surface area contributed by atoms with Crippen LogP contribution < -0.4 is 10.6 Å². The van der Waals surface area contributed by atoms with Crippen LogP contribution in [-0.2, 0) is 16.6 Å².